The van der Waals surface area contributed by atoms with Crippen LogP contribution in [0.4, 0.5) is 36.3 Å². The Labute approximate surface area is 352 Å². The summed E-state index contributed by atoms with van der Waals surface area (Å²) in [6.07, 6.45) is 7.14. The molecule has 4 fully saturated rings. The molecule has 1 aromatic heterocycles. The zero-order chi connectivity index (χ0) is 44.0. The highest BCUT2D eigenvalue weighted by Gasteiger charge is 2.50. The monoisotopic (exact) mass is 863 g/mol. The predicted octanol–water partition coefficient (Wildman–Crippen LogP) is 2.61. The van der Waals surface area contributed by atoms with Gasteiger partial charge in [-0.1, -0.05) is 18.9 Å². The molecule has 2 aromatic rings. The molecule has 6 aliphatic rings. The van der Waals surface area contributed by atoms with Crippen molar-refractivity contribution in [2.45, 2.75) is 88.3 Å². The molecule has 5 heterocycles. The fraction of sp³-hybridized carbons (Fsp3) is 0.488. The lowest BCUT2D eigenvalue weighted by Crippen LogP contribution is -2.54. The number of aromatic nitrogens is 2. The van der Waals surface area contributed by atoms with Crippen molar-refractivity contribution < 1.29 is 56.2 Å². The Morgan fingerprint density at radius 1 is 1.00 bits per heavy atom. The first kappa shape index (κ1) is 42.2. The minimum atomic E-state index is -3.66. The fourth-order valence-corrected chi connectivity index (χ4v) is 8.85. The Morgan fingerprint density at radius 2 is 1.74 bits per heavy atom. The van der Waals surface area contributed by atoms with E-state index in [1.165, 1.54) is 36.2 Å². The third-order valence-electron chi connectivity index (χ3n) is 12.1. The minimum absolute atomic E-state index is 0.00233. The first-order valence-electron chi connectivity index (χ1n) is 20.5. The van der Waals surface area contributed by atoms with E-state index in [1.54, 1.807) is 6.08 Å². The van der Waals surface area contributed by atoms with Gasteiger partial charge in [0.1, 0.15) is 29.1 Å². The molecule has 3 saturated heterocycles. The van der Waals surface area contributed by atoms with Gasteiger partial charge in [-0.25, -0.2) is 9.37 Å². The normalized spacial score (nSPS) is 22.0. The molecule has 2 aliphatic carbocycles. The molecule has 1 aromatic carbocycles. The first-order chi connectivity index (χ1) is 29.6. The predicted molar refractivity (Wildman–Crippen MR) is 212 cm³/mol. The number of amides is 7. The van der Waals surface area contributed by atoms with Crippen LogP contribution in [-0.2, 0) is 33.5 Å². The summed E-state index contributed by atoms with van der Waals surface area (Å²) in [7, 11) is 2.56. The summed E-state index contributed by atoms with van der Waals surface area (Å²) in [5.74, 6) is -9.35. The smallest absolute Gasteiger partial charge is 0.342 e. The summed E-state index contributed by atoms with van der Waals surface area (Å²) in [6, 6.07) is 0.428. The molecule has 1 atom stereocenters. The van der Waals surface area contributed by atoms with Crippen LogP contribution in [0.3, 0.4) is 0 Å². The number of rotatable bonds is 10. The van der Waals surface area contributed by atoms with Crippen molar-refractivity contribution in [3.63, 3.8) is 0 Å². The highest BCUT2D eigenvalue weighted by molar-refractivity contribution is 6.26. The van der Waals surface area contributed by atoms with Gasteiger partial charge in [0.25, 0.3) is 29.5 Å². The number of nitrogens with one attached hydrogen (secondary N) is 3. The van der Waals surface area contributed by atoms with Crippen molar-refractivity contribution >= 4 is 64.5 Å². The maximum atomic E-state index is 15.6. The van der Waals surface area contributed by atoms with Crippen LogP contribution in [0.1, 0.15) is 74.6 Å². The van der Waals surface area contributed by atoms with E-state index in [2.05, 4.69) is 25.9 Å². The number of piperidine rings is 2. The fourth-order valence-electron chi connectivity index (χ4n) is 8.85. The number of alkyl halides is 2. The van der Waals surface area contributed by atoms with Crippen LogP contribution in [0, 0.1) is 5.82 Å². The highest BCUT2D eigenvalue weighted by Crippen LogP contribution is 2.41. The molecule has 21 heteroatoms. The number of hydrogen-bond acceptors (Lipinski definition) is 13. The van der Waals surface area contributed by atoms with Gasteiger partial charge in [-0.05, 0) is 44.6 Å². The Bertz CT molecular complexity index is 2320. The van der Waals surface area contributed by atoms with E-state index < -0.39 is 72.4 Å². The molecule has 62 heavy (non-hydrogen) atoms. The van der Waals surface area contributed by atoms with Crippen LogP contribution in [0.2, 0.25) is 0 Å². The number of anilines is 4. The molecular weight excluding hydrogens is 819 g/mol. The molecular formula is C41H44F3N9O9. The molecule has 1 saturated carbocycles. The Kier molecular flexibility index (Phi) is 11.4. The summed E-state index contributed by atoms with van der Waals surface area (Å²) in [6.45, 7) is -0.798. The molecule has 0 bridgehead atoms. The molecule has 328 valence electrons. The number of nitrogens with zero attached hydrogens (tertiary/aromatic N) is 6. The number of imide groups is 2. The van der Waals surface area contributed by atoms with E-state index in [9.17, 15) is 33.6 Å². The largest absolute Gasteiger partial charge is 0.495 e. The third-order valence-corrected chi connectivity index (χ3v) is 12.1. The SMILES string of the molecule is COc1cc(C(=O)NC2CCN(C(=O)COC3=C4C(=O)N(C5CCC(=O)NC5=O)C(=O)C4=CCC3)CC2)c(F)cc1Nc1ncc2c(n1)N(C1CCCC1)CC(F)(F)C(=O)N2C. The number of allylic oxidation sites excluding steroid dienone is 2. The van der Waals surface area contributed by atoms with Crippen LogP contribution in [0.25, 0.3) is 0 Å². The van der Waals surface area contributed by atoms with E-state index in [-0.39, 0.29) is 95.7 Å². The second-order valence-corrected chi connectivity index (χ2v) is 16.0. The summed E-state index contributed by atoms with van der Waals surface area (Å²) >= 11 is 0. The van der Waals surface area contributed by atoms with Gasteiger partial charge in [-0.15, -0.1) is 0 Å². The number of carbonyl (C=O) groups excluding carboxylic acids is 7. The van der Waals surface area contributed by atoms with E-state index in [1.807, 2.05) is 0 Å². The van der Waals surface area contributed by atoms with Gasteiger partial charge < -0.3 is 34.8 Å². The lowest BCUT2D eigenvalue weighted by Gasteiger charge is -2.32. The average molecular weight is 864 g/mol. The van der Waals surface area contributed by atoms with Crippen LogP contribution in [0.15, 0.2) is 41.3 Å². The number of ether oxygens (including phenoxy) is 2. The molecule has 18 nitrogen and oxygen atoms in total. The van der Waals surface area contributed by atoms with Gasteiger partial charge in [-0.3, -0.25) is 43.8 Å². The Hall–Kier alpha value is -6.54. The van der Waals surface area contributed by atoms with Gasteiger partial charge >= 0.3 is 5.92 Å². The molecule has 4 aliphatic heterocycles. The molecule has 0 spiro atoms. The van der Waals surface area contributed by atoms with Crippen molar-refractivity contribution in [1.29, 1.82) is 0 Å². The van der Waals surface area contributed by atoms with Gasteiger partial charge in [0.15, 0.2) is 12.4 Å². The topological polar surface area (TPSA) is 213 Å². The lowest BCUT2D eigenvalue weighted by atomic mass is 9.98. The molecule has 3 N–H and O–H groups in total. The van der Waals surface area contributed by atoms with Crippen molar-refractivity contribution in [3.8, 4) is 5.75 Å². The van der Waals surface area contributed by atoms with E-state index in [0.29, 0.717) is 32.1 Å². The maximum Gasteiger partial charge on any atom is 0.342 e. The van der Waals surface area contributed by atoms with Gasteiger partial charge in [-0.2, -0.15) is 13.8 Å². The van der Waals surface area contributed by atoms with Crippen LogP contribution in [-0.4, -0.2) is 126 Å². The number of halogens is 3. The molecule has 1 unspecified atom stereocenters. The number of carbonyl (C=O) groups is 7. The number of fused-ring (bicyclic) bond motifs is 2. The number of benzene rings is 1. The quantitative estimate of drug-likeness (QED) is 0.294. The Balaban J connectivity index is 0.880. The van der Waals surface area contributed by atoms with E-state index in [0.717, 1.165) is 28.7 Å². The van der Waals surface area contributed by atoms with Gasteiger partial charge in [0.2, 0.25) is 17.8 Å². The van der Waals surface area contributed by atoms with Crippen LogP contribution >= 0.6 is 0 Å². The molecule has 0 radical (unpaired) electrons. The summed E-state index contributed by atoms with van der Waals surface area (Å²) < 4.78 is 57.0. The van der Waals surface area contributed by atoms with Crippen LogP contribution < -0.4 is 30.5 Å². The number of likely N-dealkylation sites (tertiary alicyclic amines) is 2. The van der Waals surface area contributed by atoms with Crippen molar-refractivity contribution in [1.82, 2.24) is 30.4 Å². The third kappa shape index (κ3) is 7.90. The van der Waals surface area contributed by atoms with Gasteiger partial charge in [0.05, 0.1) is 42.2 Å². The van der Waals surface area contributed by atoms with Crippen molar-refractivity contribution in [2.24, 2.45) is 0 Å². The van der Waals surface area contributed by atoms with Crippen LogP contribution in [0.5, 0.6) is 5.75 Å². The number of hydrogen-bond donors (Lipinski definition) is 3. The second-order valence-electron chi connectivity index (χ2n) is 16.0. The lowest BCUT2D eigenvalue weighted by molar-refractivity contribution is -0.149. The highest BCUT2D eigenvalue weighted by atomic mass is 19.3. The summed E-state index contributed by atoms with van der Waals surface area (Å²) in [5, 5.41) is 7.84. The minimum Gasteiger partial charge on any atom is -0.495 e. The second kappa shape index (κ2) is 16.7. The maximum absolute atomic E-state index is 15.6. The van der Waals surface area contributed by atoms with Gasteiger partial charge in [0, 0.05) is 51.1 Å². The van der Waals surface area contributed by atoms with Crippen molar-refractivity contribution in [3.05, 3.63) is 52.7 Å². The number of methoxy groups -OCH3 is 1. The standard InChI is InChI=1S/C41H44F3N9O9/c1-50-28-18-45-40(49-34(28)52(22-6-3-4-7-22)20-41(43,44)39(50)60)47-26-17-25(42)24(16-30(26)61-2)35(56)46-21-12-14-51(15-13-21)32(55)19-62-29-9-5-8-23-33(29)38(59)53(37(23)58)27-10-11-31(54)48-36(27)57/h8,16-18,21-22,27H,3-7,9-15,19-20H2,1-2H3,(H,46,56)(H,45,47,49)(H,48,54,57). The zero-order valence-electron chi connectivity index (χ0n) is 33.9. The molecule has 7 amide bonds. The first-order valence-corrected chi connectivity index (χ1v) is 20.5. The van der Waals surface area contributed by atoms with E-state index in [4.69, 9.17) is 9.47 Å². The summed E-state index contributed by atoms with van der Waals surface area (Å²) in [5.41, 5.74) is -0.0574. The molecule has 8 rings (SSSR count). The summed E-state index contributed by atoms with van der Waals surface area (Å²) in [4.78, 5) is 103. The average Bonchev–Trinajstić information content (AvgIpc) is 3.86. The van der Waals surface area contributed by atoms with E-state index >= 15 is 13.2 Å². The van der Waals surface area contributed by atoms with Crippen molar-refractivity contribution in [2.75, 3.05) is 55.5 Å². The Morgan fingerprint density at radius 3 is 2.45 bits per heavy atom. The zero-order valence-corrected chi connectivity index (χ0v) is 33.9.